The van der Waals surface area contributed by atoms with Gasteiger partial charge in [-0.2, -0.15) is 0 Å². The molecule has 0 saturated heterocycles. The van der Waals surface area contributed by atoms with Crippen molar-refractivity contribution in [1.82, 2.24) is 14.5 Å². The van der Waals surface area contributed by atoms with E-state index in [-0.39, 0.29) is 11.8 Å². The van der Waals surface area contributed by atoms with Crippen LogP contribution >= 0.6 is 0 Å². The Morgan fingerprint density at radius 1 is 1.43 bits per heavy atom. The smallest absolute Gasteiger partial charge is 0.226 e. The molecule has 0 aliphatic carbocycles. The van der Waals surface area contributed by atoms with Gasteiger partial charge in [-0.3, -0.25) is 4.79 Å². The number of nitrogens with zero attached hydrogens (tertiary/aromatic N) is 3. The summed E-state index contributed by atoms with van der Waals surface area (Å²) in [4.78, 5) is 19.0. The molecule has 0 saturated carbocycles. The first-order chi connectivity index (χ1) is 11.2. The Bertz CT molecular complexity index is 680. The van der Waals surface area contributed by atoms with Gasteiger partial charge in [0.2, 0.25) is 5.91 Å². The topological polar surface area (TPSA) is 47.4 Å². The van der Waals surface area contributed by atoms with E-state index in [1.165, 1.54) is 0 Å². The summed E-state index contributed by atoms with van der Waals surface area (Å²) in [5.41, 5.74) is 1.12. The van der Waals surface area contributed by atoms with Gasteiger partial charge in [0.05, 0.1) is 13.2 Å². The third kappa shape index (κ3) is 3.38. The van der Waals surface area contributed by atoms with Gasteiger partial charge in [0.15, 0.2) is 0 Å². The second-order valence-electron chi connectivity index (χ2n) is 5.97. The van der Waals surface area contributed by atoms with Gasteiger partial charge in [0.1, 0.15) is 11.6 Å². The maximum absolute atomic E-state index is 12.8. The molecule has 1 aromatic heterocycles. The van der Waals surface area contributed by atoms with Crippen LogP contribution in [0.4, 0.5) is 0 Å². The second-order valence-corrected chi connectivity index (χ2v) is 5.97. The largest absolute Gasteiger partial charge is 0.493 e. The fraction of sp³-hybridized carbons (Fsp3) is 0.444. The fourth-order valence-corrected chi connectivity index (χ4v) is 3.08. The number of fused-ring (bicyclic) bond motifs is 1. The third-order valence-corrected chi connectivity index (χ3v) is 4.41. The molecule has 1 atom stereocenters. The van der Waals surface area contributed by atoms with Crippen molar-refractivity contribution in [2.75, 3.05) is 13.7 Å². The summed E-state index contributed by atoms with van der Waals surface area (Å²) in [6, 6.07) is 7.99. The third-order valence-electron chi connectivity index (χ3n) is 4.41. The Morgan fingerprint density at radius 2 is 2.26 bits per heavy atom. The molecular weight excluding hydrogens is 290 g/mol. The molecule has 0 unspecified atom stereocenters. The molecule has 3 rings (SSSR count). The monoisotopic (exact) mass is 313 g/mol. The first-order valence-electron chi connectivity index (χ1n) is 8.14. The van der Waals surface area contributed by atoms with Crippen LogP contribution in [0.25, 0.3) is 0 Å². The molecule has 1 aliphatic rings. The highest BCUT2D eigenvalue weighted by Gasteiger charge is 2.26. The molecule has 2 aromatic rings. The van der Waals surface area contributed by atoms with Crippen molar-refractivity contribution in [1.29, 1.82) is 0 Å². The number of imidazole rings is 1. The lowest BCUT2D eigenvalue weighted by molar-refractivity contribution is -0.135. The Hall–Kier alpha value is -2.30. The Labute approximate surface area is 136 Å². The maximum atomic E-state index is 12.8. The van der Waals surface area contributed by atoms with Gasteiger partial charge in [-0.1, -0.05) is 18.2 Å². The Morgan fingerprint density at radius 3 is 3.09 bits per heavy atom. The number of rotatable bonds is 4. The van der Waals surface area contributed by atoms with Gasteiger partial charge in [-0.15, -0.1) is 0 Å². The van der Waals surface area contributed by atoms with E-state index in [0.29, 0.717) is 13.2 Å². The Kier molecular flexibility index (Phi) is 4.65. The average molecular weight is 313 g/mol. The molecule has 122 valence electrons. The van der Waals surface area contributed by atoms with E-state index in [2.05, 4.69) is 16.5 Å². The predicted molar refractivity (Wildman–Crippen MR) is 88.1 cm³/mol. The first kappa shape index (κ1) is 15.6. The standard InChI is InChI=1S/C18H23N3O2/c1-3-21-10-9-19-17(21)13-20(2)18(22)15-8-11-23-16-7-5-4-6-14(16)12-15/h4-7,9-10,15H,3,8,11-13H2,1-2H3/t15-/m1/s1. The van der Waals surface area contributed by atoms with Crippen molar-refractivity contribution in [3.63, 3.8) is 0 Å². The van der Waals surface area contributed by atoms with Crippen LogP contribution in [-0.2, 0) is 24.3 Å². The van der Waals surface area contributed by atoms with Crippen molar-refractivity contribution in [3.8, 4) is 5.75 Å². The molecule has 2 heterocycles. The van der Waals surface area contributed by atoms with Crippen molar-refractivity contribution in [2.24, 2.45) is 5.92 Å². The summed E-state index contributed by atoms with van der Waals surface area (Å²) in [6.45, 7) is 4.07. The molecule has 5 nitrogen and oxygen atoms in total. The van der Waals surface area contributed by atoms with Gasteiger partial charge in [-0.05, 0) is 31.4 Å². The van der Waals surface area contributed by atoms with Crippen molar-refractivity contribution in [2.45, 2.75) is 32.9 Å². The van der Waals surface area contributed by atoms with Crippen LogP contribution in [0, 0.1) is 5.92 Å². The van der Waals surface area contributed by atoms with Gasteiger partial charge in [0.25, 0.3) is 0 Å². The van der Waals surface area contributed by atoms with Crippen LogP contribution in [0.15, 0.2) is 36.7 Å². The van der Waals surface area contributed by atoms with Crippen LogP contribution in [0.2, 0.25) is 0 Å². The van der Waals surface area contributed by atoms with Gasteiger partial charge in [0, 0.05) is 31.9 Å². The number of aryl methyl sites for hydroxylation is 1. The molecule has 0 bridgehead atoms. The van der Waals surface area contributed by atoms with Crippen molar-refractivity contribution < 1.29 is 9.53 Å². The summed E-state index contributed by atoms with van der Waals surface area (Å²) in [5.74, 6) is 1.96. The zero-order chi connectivity index (χ0) is 16.2. The van der Waals surface area contributed by atoms with E-state index in [9.17, 15) is 4.79 Å². The number of benzene rings is 1. The zero-order valence-electron chi connectivity index (χ0n) is 13.7. The van der Waals surface area contributed by atoms with Crippen LogP contribution in [0.3, 0.4) is 0 Å². The number of hydrogen-bond acceptors (Lipinski definition) is 3. The molecule has 0 radical (unpaired) electrons. The van der Waals surface area contributed by atoms with Crippen molar-refractivity contribution in [3.05, 3.63) is 48.0 Å². The zero-order valence-corrected chi connectivity index (χ0v) is 13.7. The van der Waals surface area contributed by atoms with Gasteiger partial charge in [-0.25, -0.2) is 4.98 Å². The number of aromatic nitrogens is 2. The van der Waals surface area contributed by atoms with Gasteiger partial charge >= 0.3 is 0 Å². The summed E-state index contributed by atoms with van der Waals surface area (Å²) in [5, 5.41) is 0. The molecule has 0 spiro atoms. The number of amides is 1. The predicted octanol–water partition coefficient (Wildman–Crippen LogP) is 2.50. The highest BCUT2D eigenvalue weighted by atomic mass is 16.5. The number of carbonyl (C=O) groups is 1. The lowest BCUT2D eigenvalue weighted by atomic mass is 9.95. The molecule has 5 heteroatoms. The number of hydrogen-bond donors (Lipinski definition) is 0. The molecule has 0 fully saturated rings. The van der Waals surface area contributed by atoms with Crippen LogP contribution in [0.1, 0.15) is 24.7 Å². The normalized spacial score (nSPS) is 17.0. The van der Waals surface area contributed by atoms with Crippen molar-refractivity contribution >= 4 is 5.91 Å². The minimum absolute atomic E-state index is 0.0336. The van der Waals surface area contributed by atoms with Crippen LogP contribution in [-0.4, -0.2) is 34.0 Å². The quantitative estimate of drug-likeness (QED) is 0.871. The molecular formula is C18H23N3O2. The summed E-state index contributed by atoms with van der Waals surface area (Å²) >= 11 is 0. The second kappa shape index (κ2) is 6.86. The average Bonchev–Trinajstić information content (AvgIpc) is 2.90. The van der Waals surface area contributed by atoms with Gasteiger partial charge < -0.3 is 14.2 Å². The van der Waals surface area contributed by atoms with E-state index < -0.39 is 0 Å². The maximum Gasteiger partial charge on any atom is 0.226 e. The number of ether oxygens (including phenoxy) is 1. The number of carbonyl (C=O) groups excluding carboxylic acids is 1. The van der Waals surface area contributed by atoms with E-state index >= 15 is 0 Å². The highest BCUT2D eigenvalue weighted by molar-refractivity contribution is 5.79. The summed E-state index contributed by atoms with van der Waals surface area (Å²) in [6.07, 6.45) is 5.22. The minimum Gasteiger partial charge on any atom is -0.493 e. The first-order valence-corrected chi connectivity index (χ1v) is 8.14. The summed E-state index contributed by atoms with van der Waals surface area (Å²) in [7, 11) is 1.86. The Balaban J connectivity index is 1.70. The molecule has 23 heavy (non-hydrogen) atoms. The molecule has 1 aromatic carbocycles. The summed E-state index contributed by atoms with van der Waals surface area (Å²) < 4.78 is 7.83. The van der Waals surface area contributed by atoms with Crippen LogP contribution in [0.5, 0.6) is 5.75 Å². The van der Waals surface area contributed by atoms with E-state index in [1.54, 1.807) is 11.1 Å². The lowest BCUT2D eigenvalue weighted by Gasteiger charge is -2.22. The highest BCUT2D eigenvalue weighted by Crippen LogP contribution is 2.27. The van der Waals surface area contributed by atoms with E-state index in [1.807, 2.05) is 37.5 Å². The number of para-hydroxylation sites is 1. The molecule has 1 aliphatic heterocycles. The minimum atomic E-state index is -0.0336. The van der Waals surface area contributed by atoms with E-state index in [4.69, 9.17) is 4.74 Å². The molecule has 1 amide bonds. The molecule has 0 N–H and O–H groups in total. The lowest BCUT2D eigenvalue weighted by Crippen LogP contribution is -2.34. The van der Waals surface area contributed by atoms with E-state index in [0.717, 1.165) is 36.5 Å². The van der Waals surface area contributed by atoms with Crippen LogP contribution < -0.4 is 4.74 Å². The SMILES string of the molecule is CCn1ccnc1CN(C)C(=O)[C@@H]1CCOc2ccccc2C1. The fourth-order valence-electron chi connectivity index (χ4n) is 3.08.